The Kier molecular flexibility index (Phi) is 6.95. The lowest BCUT2D eigenvalue weighted by Crippen LogP contribution is -2.33. The standard InChI is InChI=1S/C19H22N2O5S/c1-4-12-11(3)27-18(16(12)19(24)25)21-15(22)10-20-17(23)13-8-6-7-9-14(13)26-5-2/h6-9H,4-5,10H2,1-3H3,(H,20,23)(H,21,22)(H,24,25). The summed E-state index contributed by atoms with van der Waals surface area (Å²) >= 11 is 1.22. The van der Waals surface area contributed by atoms with Crippen molar-refractivity contribution in [3.63, 3.8) is 0 Å². The number of nitrogens with one attached hydrogen (secondary N) is 2. The molecule has 0 saturated carbocycles. The predicted octanol–water partition coefficient (Wildman–Crippen LogP) is 3.08. The van der Waals surface area contributed by atoms with Crippen molar-refractivity contribution < 1.29 is 24.2 Å². The summed E-state index contributed by atoms with van der Waals surface area (Å²) in [5.74, 6) is -1.58. The number of carbonyl (C=O) groups excluding carboxylic acids is 2. The Morgan fingerprint density at radius 1 is 1.19 bits per heavy atom. The number of carboxylic acid groups (broad SMARTS) is 1. The minimum atomic E-state index is -1.08. The van der Waals surface area contributed by atoms with Crippen molar-refractivity contribution in [2.75, 3.05) is 18.5 Å². The maximum absolute atomic E-state index is 12.3. The Morgan fingerprint density at radius 3 is 2.52 bits per heavy atom. The van der Waals surface area contributed by atoms with Crippen LogP contribution in [-0.4, -0.2) is 36.0 Å². The molecule has 0 unspecified atom stereocenters. The summed E-state index contributed by atoms with van der Waals surface area (Å²) in [5, 5.41) is 14.8. The summed E-state index contributed by atoms with van der Waals surface area (Å²) in [4.78, 5) is 36.9. The van der Waals surface area contributed by atoms with Crippen LogP contribution in [0.5, 0.6) is 5.75 Å². The van der Waals surface area contributed by atoms with Gasteiger partial charge in [0, 0.05) is 4.88 Å². The van der Waals surface area contributed by atoms with Crippen LogP contribution in [0.3, 0.4) is 0 Å². The molecule has 8 heteroatoms. The zero-order valence-corrected chi connectivity index (χ0v) is 16.2. The van der Waals surface area contributed by atoms with E-state index in [0.29, 0.717) is 29.9 Å². The van der Waals surface area contributed by atoms with Gasteiger partial charge in [0.2, 0.25) is 5.91 Å². The first-order valence-electron chi connectivity index (χ1n) is 8.54. The molecule has 0 spiro atoms. The van der Waals surface area contributed by atoms with E-state index in [2.05, 4.69) is 10.6 Å². The number of anilines is 1. The minimum Gasteiger partial charge on any atom is -0.493 e. The zero-order chi connectivity index (χ0) is 20.0. The van der Waals surface area contributed by atoms with Crippen molar-refractivity contribution in [2.24, 2.45) is 0 Å². The van der Waals surface area contributed by atoms with Crippen molar-refractivity contribution in [1.82, 2.24) is 5.32 Å². The van der Waals surface area contributed by atoms with Gasteiger partial charge in [0.05, 0.1) is 24.3 Å². The summed E-state index contributed by atoms with van der Waals surface area (Å²) in [6.07, 6.45) is 0.560. The Bertz CT molecular complexity index is 860. The van der Waals surface area contributed by atoms with E-state index >= 15 is 0 Å². The molecular formula is C19H22N2O5S. The highest BCUT2D eigenvalue weighted by atomic mass is 32.1. The van der Waals surface area contributed by atoms with Crippen LogP contribution in [0.1, 0.15) is 45.0 Å². The van der Waals surface area contributed by atoms with E-state index in [1.807, 2.05) is 20.8 Å². The molecule has 1 heterocycles. The van der Waals surface area contributed by atoms with Gasteiger partial charge in [0.15, 0.2) is 0 Å². The molecule has 0 fully saturated rings. The average Bonchev–Trinajstić information content (AvgIpc) is 2.95. The smallest absolute Gasteiger partial charge is 0.339 e. The van der Waals surface area contributed by atoms with Crippen LogP contribution in [0.15, 0.2) is 24.3 Å². The van der Waals surface area contributed by atoms with Crippen LogP contribution in [0.2, 0.25) is 0 Å². The van der Waals surface area contributed by atoms with Gasteiger partial charge in [-0.15, -0.1) is 11.3 Å². The predicted molar refractivity (Wildman–Crippen MR) is 104 cm³/mol. The van der Waals surface area contributed by atoms with Crippen LogP contribution in [0, 0.1) is 6.92 Å². The minimum absolute atomic E-state index is 0.112. The largest absolute Gasteiger partial charge is 0.493 e. The Labute approximate surface area is 161 Å². The second-order valence-corrected chi connectivity index (χ2v) is 6.88. The Hall–Kier alpha value is -2.87. The first-order valence-corrected chi connectivity index (χ1v) is 9.36. The molecule has 0 aliphatic heterocycles. The number of amides is 2. The molecule has 2 aromatic rings. The summed E-state index contributed by atoms with van der Waals surface area (Å²) in [6.45, 7) is 5.63. The quantitative estimate of drug-likeness (QED) is 0.642. The summed E-state index contributed by atoms with van der Waals surface area (Å²) < 4.78 is 5.41. The normalized spacial score (nSPS) is 10.3. The fraction of sp³-hybridized carbons (Fsp3) is 0.316. The molecule has 0 saturated heterocycles. The SMILES string of the molecule is CCOc1ccccc1C(=O)NCC(=O)Nc1sc(C)c(CC)c1C(=O)O. The topological polar surface area (TPSA) is 105 Å². The van der Waals surface area contributed by atoms with E-state index in [9.17, 15) is 19.5 Å². The van der Waals surface area contributed by atoms with Crippen molar-refractivity contribution >= 4 is 34.1 Å². The molecule has 0 aliphatic rings. The van der Waals surface area contributed by atoms with Crippen LogP contribution < -0.4 is 15.4 Å². The van der Waals surface area contributed by atoms with Crippen molar-refractivity contribution in [3.8, 4) is 5.75 Å². The monoisotopic (exact) mass is 390 g/mol. The molecule has 2 rings (SSSR count). The molecule has 1 aromatic carbocycles. The van der Waals surface area contributed by atoms with Crippen molar-refractivity contribution in [2.45, 2.75) is 27.2 Å². The third-order valence-electron chi connectivity index (χ3n) is 3.87. The van der Waals surface area contributed by atoms with Gasteiger partial charge >= 0.3 is 5.97 Å². The second kappa shape index (κ2) is 9.18. The molecule has 27 heavy (non-hydrogen) atoms. The number of aromatic carboxylic acids is 1. The van der Waals surface area contributed by atoms with Gasteiger partial charge in [-0.05, 0) is 38.0 Å². The van der Waals surface area contributed by atoms with Crippen LogP contribution >= 0.6 is 11.3 Å². The van der Waals surface area contributed by atoms with Gasteiger partial charge in [0.25, 0.3) is 5.91 Å². The number of thiophene rings is 1. The van der Waals surface area contributed by atoms with E-state index in [4.69, 9.17) is 4.74 Å². The molecule has 1 aromatic heterocycles. The zero-order valence-electron chi connectivity index (χ0n) is 15.4. The number of carbonyl (C=O) groups is 3. The fourth-order valence-electron chi connectivity index (χ4n) is 2.68. The van der Waals surface area contributed by atoms with Crippen molar-refractivity contribution in [1.29, 1.82) is 0 Å². The third kappa shape index (κ3) is 4.85. The van der Waals surface area contributed by atoms with Gasteiger partial charge in [-0.3, -0.25) is 9.59 Å². The highest BCUT2D eigenvalue weighted by Crippen LogP contribution is 2.33. The first kappa shape index (κ1) is 20.4. The van der Waals surface area contributed by atoms with Crippen LogP contribution in [-0.2, 0) is 11.2 Å². The summed E-state index contributed by atoms with van der Waals surface area (Å²) in [6, 6.07) is 6.75. The van der Waals surface area contributed by atoms with Gasteiger partial charge in [-0.1, -0.05) is 19.1 Å². The van der Waals surface area contributed by atoms with Crippen LogP contribution in [0.25, 0.3) is 0 Å². The van der Waals surface area contributed by atoms with E-state index < -0.39 is 17.8 Å². The molecule has 0 aliphatic carbocycles. The van der Waals surface area contributed by atoms with Gasteiger partial charge in [-0.25, -0.2) is 4.79 Å². The lowest BCUT2D eigenvalue weighted by atomic mass is 10.1. The number of hydrogen-bond acceptors (Lipinski definition) is 5. The molecule has 7 nitrogen and oxygen atoms in total. The van der Waals surface area contributed by atoms with Gasteiger partial charge in [-0.2, -0.15) is 0 Å². The fourth-order valence-corrected chi connectivity index (χ4v) is 3.83. The molecule has 0 radical (unpaired) electrons. The number of rotatable bonds is 8. The molecule has 3 N–H and O–H groups in total. The molecule has 0 atom stereocenters. The average molecular weight is 390 g/mol. The van der Waals surface area contributed by atoms with Gasteiger partial charge in [0.1, 0.15) is 10.8 Å². The maximum Gasteiger partial charge on any atom is 0.339 e. The molecular weight excluding hydrogens is 368 g/mol. The summed E-state index contributed by atoms with van der Waals surface area (Å²) in [5.41, 5.74) is 1.15. The number of aryl methyl sites for hydroxylation is 1. The van der Waals surface area contributed by atoms with Gasteiger partial charge < -0.3 is 20.5 Å². The number of ether oxygens (including phenoxy) is 1. The second-order valence-electron chi connectivity index (χ2n) is 5.66. The third-order valence-corrected chi connectivity index (χ3v) is 4.93. The maximum atomic E-state index is 12.3. The lowest BCUT2D eigenvalue weighted by Gasteiger charge is -2.10. The number of hydrogen-bond donors (Lipinski definition) is 3. The van der Waals surface area contributed by atoms with Crippen LogP contribution in [0.4, 0.5) is 5.00 Å². The molecule has 144 valence electrons. The lowest BCUT2D eigenvalue weighted by molar-refractivity contribution is -0.115. The van der Waals surface area contributed by atoms with E-state index in [0.717, 1.165) is 4.88 Å². The van der Waals surface area contributed by atoms with E-state index in [1.165, 1.54) is 11.3 Å². The van der Waals surface area contributed by atoms with E-state index in [-0.39, 0.29) is 17.1 Å². The van der Waals surface area contributed by atoms with E-state index in [1.54, 1.807) is 24.3 Å². The highest BCUT2D eigenvalue weighted by molar-refractivity contribution is 7.16. The Balaban J connectivity index is 2.05. The molecule has 0 bridgehead atoms. The number of para-hydroxylation sites is 1. The number of carboxylic acids is 1. The molecule has 2 amide bonds. The first-order chi connectivity index (χ1) is 12.9. The highest BCUT2D eigenvalue weighted by Gasteiger charge is 2.22. The number of benzene rings is 1. The Morgan fingerprint density at radius 2 is 1.89 bits per heavy atom. The summed E-state index contributed by atoms with van der Waals surface area (Å²) in [7, 11) is 0. The van der Waals surface area contributed by atoms with Crippen molar-refractivity contribution in [3.05, 3.63) is 45.8 Å².